The lowest BCUT2D eigenvalue weighted by atomic mass is 10.8. The maximum atomic E-state index is 7.62. The molecule has 0 aromatic carbocycles. The molecule has 86 valence electrons. The van der Waals surface area contributed by atoms with Gasteiger partial charge in [0.2, 0.25) is 0 Å². The van der Waals surface area contributed by atoms with Crippen LogP contribution in [-0.2, 0) is 0 Å². The average molecular weight is 234 g/mol. The Balaban J connectivity index is 0. The molecule has 0 spiro atoms. The normalized spacial score (nSPS) is 11.7. The van der Waals surface area contributed by atoms with E-state index < -0.39 is 16.1 Å². The highest BCUT2D eigenvalue weighted by Gasteiger charge is 2.28. The van der Waals surface area contributed by atoms with E-state index in [1.165, 1.54) is 0 Å². The Morgan fingerprint density at radius 2 is 1.07 bits per heavy atom. The van der Waals surface area contributed by atoms with E-state index >= 15 is 0 Å². The van der Waals surface area contributed by atoms with Crippen molar-refractivity contribution in [3.8, 4) is 0 Å². The Morgan fingerprint density at radius 1 is 0.857 bits per heavy atom. The summed E-state index contributed by atoms with van der Waals surface area (Å²) < 4.78 is 0. The van der Waals surface area contributed by atoms with Crippen LogP contribution in [0, 0.1) is 0 Å². The zero-order valence-electron chi connectivity index (χ0n) is 10.5. The zero-order valence-corrected chi connectivity index (χ0v) is 12.5. The first-order valence-corrected chi connectivity index (χ1v) is 12.0. The molecule has 14 heavy (non-hydrogen) atoms. The van der Waals surface area contributed by atoms with Gasteiger partial charge in [0, 0.05) is 0 Å². The van der Waals surface area contributed by atoms with E-state index in [1.54, 1.807) is 4.82 Å². The fourth-order valence-corrected chi connectivity index (χ4v) is 10.1. The van der Waals surface area contributed by atoms with Crippen molar-refractivity contribution in [2.75, 3.05) is 13.2 Å². The second kappa shape index (κ2) is 6.55. The molecule has 0 atom stereocenters. The third-order valence-corrected chi connectivity index (χ3v) is 10.0. The molecule has 0 saturated heterocycles. The van der Waals surface area contributed by atoms with Gasteiger partial charge in [0.25, 0.3) is 0 Å². The van der Waals surface area contributed by atoms with Crippen LogP contribution < -0.4 is 0 Å². The Kier molecular flexibility index (Phi) is 7.73. The third kappa shape index (κ3) is 8.68. The summed E-state index contributed by atoms with van der Waals surface area (Å²) in [7, 11) is -2.06. The molecular formula is C10H26O2Si2. The first kappa shape index (κ1) is 16.5. The first-order chi connectivity index (χ1) is 6.07. The summed E-state index contributed by atoms with van der Waals surface area (Å²) in [4.78, 5) is 1.60. The van der Waals surface area contributed by atoms with Gasteiger partial charge < -0.3 is 10.2 Å². The molecule has 0 aliphatic rings. The molecule has 0 bridgehead atoms. The molecule has 0 aromatic rings. The summed E-state index contributed by atoms with van der Waals surface area (Å²) >= 11 is 0. The van der Waals surface area contributed by atoms with Gasteiger partial charge in [0.05, 0.1) is 29.4 Å². The van der Waals surface area contributed by atoms with E-state index in [0.717, 1.165) is 0 Å². The molecular weight excluding hydrogens is 208 g/mol. The highest BCUT2D eigenvalue weighted by molar-refractivity contribution is 7.04. The minimum absolute atomic E-state index is 0.125. The van der Waals surface area contributed by atoms with E-state index in [0.29, 0.717) is 0 Å². The first-order valence-electron chi connectivity index (χ1n) is 4.99. The molecule has 0 radical (unpaired) electrons. The summed E-state index contributed by atoms with van der Waals surface area (Å²) in [5, 5.41) is 15.2. The molecule has 0 aliphatic carbocycles. The maximum Gasteiger partial charge on any atom is 0.0674 e. The predicted molar refractivity (Wildman–Crippen MR) is 70.0 cm³/mol. The topological polar surface area (TPSA) is 40.5 Å². The number of hydrogen-bond donors (Lipinski definition) is 2. The van der Waals surface area contributed by atoms with Crippen LogP contribution in [0.2, 0.25) is 39.3 Å². The van der Waals surface area contributed by atoms with Crippen LogP contribution in [0.4, 0.5) is 0 Å². The Bertz CT molecular complexity index is 148. The fraction of sp³-hybridized carbons (Fsp3) is 0.800. The predicted octanol–water partition coefficient (Wildman–Crippen LogP) is 2.27. The second-order valence-corrected chi connectivity index (χ2v) is 16.1. The summed E-state index contributed by atoms with van der Waals surface area (Å²) in [5.41, 5.74) is 0. The standard InChI is InChI=1S/C8H20Si2.C2H6O2/c1-8(9(2,3)4)10(5,6)7;3-1-2-4/h1H2,2-7H3;3-4H,1-2H2. The van der Waals surface area contributed by atoms with E-state index in [2.05, 4.69) is 45.9 Å². The van der Waals surface area contributed by atoms with Crippen molar-refractivity contribution in [2.24, 2.45) is 0 Å². The molecule has 0 fully saturated rings. The van der Waals surface area contributed by atoms with Gasteiger partial charge in [-0.2, -0.15) is 0 Å². The van der Waals surface area contributed by atoms with Crippen LogP contribution in [0.5, 0.6) is 0 Å². The molecule has 0 aromatic heterocycles. The largest absolute Gasteiger partial charge is 0.394 e. The van der Waals surface area contributed by atoms with Gasteiger partial charge in [-0.05, 0) is 0 Å². The monoisotopic (exact) mass is 234 g/mol. The van der Waals surface area contributed by atoms with Crippen molar-refractivity contribution < 1.29 is 10.2 Å². The van der Waals surface area contributed by atoms with Crippen molar-refractivity contribution in [1.29, 1.82) is 0 Å². The molecule has 4 heteroatoms. The van der Waals surface area contributed by atoms with Crippen molar-refractivity contribution in [3.63, 3.8) is 0 Å². The molecule has 2 nitrogen and oxygen atoms in total. The number of aliphatic hydroxyl groups excluding tert-OH is 2. The number of aliphatic hydroxyl groups is 2. The average Bonchev–Trinajstić information content (AvgIpc) is 2.00. The minimum atomic E-state index is -1.03. The van der Waals surface area contributed by atoms with Gasteiger partial charge >= 0.3 is 0 Å². The SMILES string of the molecule is C=C([Si](C)(C)C)[Si](C)(C)C.OCCO. The second-order valence-electron chi connectivity index (χ2n) is 5.43. The van der Waals surface area contributed by atoms with Gasteiger partial charge in [-0.25, -0.2) is 0 Å². The highest BCUT2D eigenvalue weighted by atomic mass is 28.4. The molecule has 0 unspecified atom stereocenters. The smallest absolute Gasteiger partial charge is 0.0674 e. The Morgan fingerprint density at radius 3 is 1.07 bits per heavy atom. The van der Waals surface area contributed by atoms with Gasteiger partial charge in [0.1, 0.15) is 0 Å². The van der Waals surface area contributed by atoms with E-state index in [1.807, 2.05) is 0 Å². The fourth-order valence-electron chi connectivity index (χ4n) is 1.12. The van der Waals surface area contributed by atoms with Crippen LogP contribution in [0.15, 0.2) is 11.4 Å². The van der Waals surface area contributed by atoms with Crippen LogP contribution in [0.25, 0.3) is 0 Å². The number of hydrogen-bond acceptors (Lipinski definition) is 2. The Hall–Kier alpha value is 0.0938. The molecule has 0 heterocycles. The molecule has 0 saturated carbocycles. The van der Waals surface area contributed by atoms with Crippen LogP contribution in [0.1, 0.15) is 0 Å². The Labute approximate surface area is 90.7 Å². The van der Waals surface area contributed by atoms with Crippen LogP contribution in [0.3, 0.4) is 0 Å². The lowest BCUT2D eigenvalue weighted by Gasteiger charge is -2.29. The van der Waals surface area contributed by atoms with Crippen molar-refractivity contribution in [3.05, 3.63) is 11.4 Å². The van der Waals surface area contributed by atoms with Gasteiger partial charge in [0.15, 0.2) is 0 Å². The quantitative estimate of drug-likeness (QED) is 0.736. The van der Waals surface area contributed by atoms with Gasteiger partial charge in [-0.15, -0.1) is 6.58 Å². The minimum Gasteiger partial charge on any atom is -0.394 e. The summed E-state index contributed by atoms with van der Waals surface area (Å²) in [6, 6.07) is 0. The molecule has 2 N–H and O–H groups in total. The number of rotatable bonds is 3. The highest BCUT2D eigenvalue weighted by Crippen LogP contribution is 2.22. The van der Waals surface area contributed by atoms with Gasteiger partial charge in [-0.3, -0.25) is 0 Å². The molecule has 0 aliphatic heterocycles. The van der Waals surface area contributed by atoms with E-state index in [-0.39, 0.29) is 13.2 Å². The van der Waals surface area contributed by atoms with E-state index in [4.69, 9.17) is 10.2 Å². The summed E-state index contributed by atoms with van der Waals surface area (Å²) in [6.07, 6.45) is 0. The van der Waals surface area contributed by atoms with Crippen LogP contribution in [-0.4, -0.2) is 39.6 Å². The lowest BCUT2D eigenvalue weighted by Crippen LogP contribution is -2.39. The van der Waals surface area contributed by atoms with Crippen molar-refractivity contribution in [1.82, 2.24) is 0 Å². The summed E-state index contributed by atoms with van der Waals surface area (Å²) in [6.45, 7) is 18.3. The van der Waals surface area contributed by atoms with Crippen molar-refractivity contribution in [2.45, 2.75) is 39.3 Å². The molecule has 0 amide bonds. The van der Waals surface area contributed by atoms with Gasteiger partial charge in [-0.1, -0.05) is 44.1 Å². The zero-order chi connectivity index (χ0) is 12.0. The van der Waals surface area contributed by atoms with Crippen molar-refractivity contribution >= 4 is 16.1 Å². The maximum absolute atomic E-state index is 7.62. The lowest BCUT2D eigenvalue weighted by molar-refractivity contribution is 0.186. The summed E-state index contributed by atoms with van der Waals surface area (Å²) in [5.74, 6) is 0. The third-order valence-electron chi connectivity index (χ3n) is 1.91. The molecule has 0 rings (SSSR count). The van der Waals surface area contributed by atoms with E-state index in [9.17, 15) is 0 Å². The van der Waals surface area contributed by atoms with Crippen LogP contribution >= 0.6 is 0 Å².